The van der Waals surface area contributed by atoms with E-state index in [0.29, 0.717) is 44.3 Å². The Balaban J connectivity index is 1.74. The van der Waals surface area contributed by atoms with Crippen LogP contribution in [0.1, 0.15) is 49.3 Å². The number of nitrogens with one attached hydrogen (secondary N) is 3. The number of aldehydes is 1. The number of aryl methyl sites for hydroxylation is 1. The normalized spacial score (nSPS) is 11.7. The van der Waals surface area contributed by atoms with Crippen molar-refractivity contribution in [3.63, 3.8) is 0 Å². The van der Waals surface area contributed by atoms with Gasteiger partial charge in [0.25, 0.3) is 0 Å². The quantitative estimate of drug-likeness (QED) is 0.243. The Morgan fingerprint density at radius 3 is 2.71 bits per heavy atom. The average molecular weight is 472 g/mol. The lowest BCUT2D eigenvalue weighted by Gasteiger charge is -2.17. The van der Waals surface area contributed by atoms with Gasteiger partial charge in [0.1, 0.15) is 17.9 Å². The van der Waals surface area contributed by atoms with Crippen molar-refractivity contribution >= 4 is 12.2 Å². The molecular weight excluding hydrogens is 433 g/mol. The average Bonchev–Trinajstić information content (AvgIpc) is 2.84. The zero-order valence-corrected chi connectivity index (χ0v) is 20.4. The molecule has 0 bridgehead atoms. The van der Waals surface area contributed by atoms with Gasteiger partial charge in [0.2, 0.25) is 5.91 Å². The highest BCUT2D eigenvalue weighted by atomic mass is 19.1. The number of rotatable bonds is 17. The SMILES string of the molecule is CCc1cccc(CNCC[C@H](Cc2cc(F)cc(OCCCCC(=O)NCC=O)c2)NC)c1. The Morgan fingerprint density at radius 2 is 1.94 bits per heavy atom. The van der Waals surface area contributed by atoms with Gasteiger partial charge in [0.05, 0.1) is 13.2 Å². The Morgan fingerprint density at radius 1 is 1.12 bits per heavy atom. The number of likely N-dealkylation sites (N-methyl/N-ethyl adjacent to an activating group) is 1. The molecule has 0 fully saturated rings. The molecule has 0 spiro atoms. The summed E-state index contributed by atoms with van der Waals surface area (Å²) in [6.07, 6.45) is 4.97. The van der Waals surface area contributed by atoms with E-state index in [1.807, 2.05) is 13.1 Å². The van der Waals surface area contributed by atoms with E-state index >= 15 is 0 Å². The number of hydrogen-bond donors (Lipinski definition) is 3. The number of carbonyl (C=O) groups is 2. The third-order valence-corrected chi connectivity index (χ3v) is 5.67. The largest absolute Gasteiger partial charge is 0.493 e. The standard InChI is InChI=1S/C27H38FN3O3/c1-3-21-7-6-8-22(15-21)20-30-11-10-25(29-2)17-23-16-24(28)19-26(18-23)34-14-5-4-9-27(33)31-12-13-32/h6-8,13,15-16,18-19,25,29-30H,3-5,9-12,14,17,20H2,1-2H3,(H,31,33)/t25-/m1/s1. The maximum absolute atomic E-state index is 14.1. The van der Waals surface area contributed by atoms with Gasteiger partial charge in [0, 0.05) is 25.1 Å². The minimum absolute atomic E-state index is 0.0396. The lowest BCUT2D eigenvalue weighted by atomic mass is 10.0. The molecule has 0 radical (unpaired) electrons. The van der Waals surface area contributed by atoms with Gasteiger partial charge in [0.15, 0.2) is 0 Å². The van der Waals surface area contributed by atoms with Gasteiger partial charge in [-0.3, -0.25) is 4.79 Å². The van der Waals surface area contributed by atoms with Crippen LogP contribution in [0.3, 0.4) is 0 Å². The van der Waals surface area contributed by atoms with Gasteiger partial charge in [-0.1, -0.05) is 31.2 Å². The lowest BCUT2D eigenvalue weighted by Crippen LogP contribution is -2.31. The van der Waals surface area contributed by atoms with E-state index in [1.165, 1.54) is 17.2 Å². The van der Waals surface area contributed by atoms with Crippen molar-refractivity contribution in [3.8, 4) is 5.75 Å². The smallest absolute Gasteiger partial charge is 0.220 e. The molecule has 2 aromatic rings. The van der Waals surface area contributed by atoms with Crippen LogP contribution in [-0.4, -0.2) is 45.0 Å². The molecule has 2 aromatic carbocycles. The molecule has 3 N–H and O–H groups in total. The van der Waals surface area contributed by atoms with Crippen molar-refractivity contribution in [2.75, 3.05) is 26.7 Å². The van der Waals surface area contributed by atoms with E-state index in [0.717, 1.165) is 31.5 Å². The summed E-state index contributed by atoms with van der Waals surface area (Å²) in [6, 6.07) is 13.7. The number of amides is 1. The second-order valence-electron chi connectivity index (χ2n) is 8.40. The zero-order chi connectivity index (χ0) is 24.6. The van der Waals surface area contributed by atoms with Gasteiger partial charge in [-0.25, -0.2) is 4.39 Å². The third-order valence-electron chi connectivity index (χ3n) is 5.67. The predicted molar refractivity (Wildman–Crippen MR) is 134 cm³/mol. The van der Waals surface area contributed by atoms with E-state index < -0.39 is 0 Å². The summed E-state index contributed by atoms with van der Waals surface area (Å²) in [7, 11) is 1.93. The van der Waals surface area contributed by atoms with Crippen LogP contribution in [-0.2, 0) is 29.0 Å². The first-order valence-corrected chi connectivity index (χ1v) is 12.1. The second-order valence-corrected chi connectivity index (χ2v) is 8.40. The minimum atomic E-state index is -0.315. The molecule has 7 heteroatoms. The van der Waals surface area contributed by atoms with Gasteiger partial charge < -0.3 is 25.5 Å². The summed E-state index contributed by atoms with van der Waals surface area (Å²) in [6.45, 7) is 4.30. The van der Waals surface area contributed by atoms with Crippen molar-refractivity contribution < 1.29 is 18.7 Å². The number of benzene rings is 2. The fourth-order valence-electron chi connectivity index (χ4n) is 3.74. The molecule has 0 aliphatic carbocycles. The fraction of sp³-hybridized carbons (Fsp3) is 0.481. The summed E-state index contributed by atoms with van der Waals surface area (Å²) in [5, 5.41) is 9.33. The first kappa shape index (κ1) is 27.5. The highest BCUT2D eigenvalue weighted by molar-refractivity contribution is 5.78. The van der Waals surface area contributed by atoms with Crippen LogP contribution >= 0.6 is 0 Å². The highest BCUT2D eigenvalue weighted by Crippen LogP contribution is 2.19. The second kappa shape index (κ2) is 16.0. The Bertz CT molecular complexity index is 891. The minimum Gasteiger partial charge on any atom is -0.493 e. The molecule has 0 aliphatic rings. The Labute approximate surface area is 202 Å². The van der Waals surface area contributed by atoms with Crippen molar-refractivity contribution in [2.24, 2.45) is 0 Å². The summed E-state index contributed by atoms with van der Waals surface area (Å²) in [5.74, 6) is 0.0379. The number of halogens is 1. The Hall–Kier alpha value is -2.77. The van der Waals surface area contributed by atoms with Crippen LogP contribution in [0.2, 0.25) is 0 Å². The van der Waals surface area contributed by atoms with Crippen LogP contribution in [0.25, 0.3) is 0 Å². The van der Waals surface area contributed by atoms with E-state index in [1.54, 1.807) is 6.07 Å². The van der Waals surface area contributed by atoms with Gasteiger partial charge in [-0.2, -0.15) is 0 Å². The third kappa shape index (κ3) is 10.9. The maximum atomic E-state index is 14.1. The maximum Gasteiger partial charge on any atom is 0.220 e. The van der Waals surface area contributed by atoms with Gasteiger partial charge in [-0.15, -0.1) is 0 Å². The van der Waals surface area contributed by atoms with E-state index in [9.17, 15) is 14.0 Å². The van der Waals surface area contributed by atoms with Gasteiger partial charge in [-0.05, 0) is 74.5 Å². The monoisotopic (exact) mass is 471 g/mol. The highest BCUT2D eigenvalue weighted by Gasteiger charge is 2.10. The summed E-state index contributed by atoms with van der Waals surface area (Å²) in [4.78, 5) is 21.7. The Kier molecular flexibility index (Phi) is 12.9. The summed E-state index contributed by atoms with van der Waals surface area (Å²) >= 11 is 0. The molecule has 186 valence electrons. The van der Waals surface area contributed by atoms with Crippen LogP contribution in [0.4, 0.5) is 4.39 Å². The lowest BCUT2D eigenvalue weighted by molar-refractivity contribution is -0.122. The zero-order valence-electron chi connectivity index (χ0n) is 20.4. The van der Waals surface area contributed by atoms with Crippen molar-refractivity contribution in [2.45, 2.75) is 58.0 Å². The van der Waals surface area contributed by atoms with E-state index in [-0.39, 0.29) is 24.3 Å². The van der Waals surface area contributed by atoms with Crippen molar-refractivity contribution in [1.82, 2.24) is 16.0 Å². The van der Waals surface area contributed by atoms with Crippen LogP contribution in [0.15, 0.2) is 42.5 Å². The molecule has 34 heavy (non-hydrogen) atoms. The van der Waals surface area contributed by atoms with E-state index in [4.69, 9.17) is 4.74 Å². The van der Waals surface area contributed by atoms with Crippen molar-refractivity contribution in [1.29, 1.82) is 0 Å². The number of carbonyl (C=O) groups excluding carboxylic acids is 2. The molecule has 0 aliphatic heterocycles. The predicted octanol–water partition coefficient (Wildman–Crippen LogP) is 3.56. The summed E-state index contributed by atoms with van der Waals surface area (Å²) in [5.41, 5.74) is 3.52. The molecule has 0 unspecified atom stereocenters. The first-order chi connectivity index (χ1) is 16.5. The first-order valence-electron chi connectivity index (χ1n) is 12.1. The number of hydrogen-bond acceptors (Lipinski definition) is 5. The fourth-order valence-corrected chi connectivity index (χ4v) is 3.74. The molecule has 0 saturated heterocycles. The van der Waals surface area contributed by atoms with Crippen LogP contribution < -0.4 is 20.7 Å². The number of ether oxygens (including phenoxy) is 1. The molecule has 1 atom stereocenters. The molecule has 2 rings (SSSR count). The van der Waals surface area contributed by atoms with Crippen molar-refractivity contribution in [3.05, 3.63) is 65.0 Å². The molecule has 6 nitrogen and oxygen atoms in total. The molecule has 0 heterocycles. The van der Waals surface area contributed by atoms with Crippen LogP contribution in [0.5, 0.6) is 5.75 Å². The molecule has 0 aromatic heterocycles. The summed E-state index contributed by atoms with van der Waals surface area (Å²) < 4.78 is 19.9. The van der Waals surface area contributed by atoms with Crippen LogP contribution in [0, 0.1) is 5.82 Å². The molecule has 1 amide bonds. The molecule has 0 saturated carbocycles. The number of unbranched alkanes of at least 4 members (excludes halogenated alkanes) is 1. The van der Waals surface area contributed by atoms with E-state index in [2.05, 4.69) is 47.1 Å². The topological polar surface area (TPSA) is 79.5 Å². The van der Waals surface area contributed by atoms with Gasteiger partial charge >= 0.3 is 0 Å². The molecular formula is C27H38FN3O3.